The molecule has 6 heteroatoms. The highest BCUT2D eigenvalue weighted by Gasteiger charge is 2.30. The van der Waals surface area contributed by atoms with E-state index in [9.17, 15) is 9.18 Å². The molecule has 1 aliphatic rings. The van der Waals surface area contributed by atoms with Crippen molar-refractivity contribution in [1.29, 1.82) is 0 Å². The molecular formula is C19H17FN2O2S. The van der Waals surface area contributed by atoms with Gasteiger partial charge in [0.1, 0.15) is 12.4 Å². The Balaban J connectivity index is 1.84. The largest absolute Gasteiger partial charge is 0.457 e. The van der Waals surface area contributed by atoms with Gasteiger partial charge in [0.15, 0.2) is 5.11 Å². The van der Waals surface area contributed by atoms with Gasteiger partial charge in [-0.2, -0.15) is 0 Å². The second-order valence-corrected chi connectivity index (χ2v) is 6.09. The Labute approximate surface area is 150 Å². The fourth-order valence-corrected chi connectivity index (χ4v) is 2.94. The van der Waals surface area contributed by atoms with Crippen molar-refractivity contribution in [3.05, 3.63) is 82.8 Å². The Morgan fingerprint density at radius 1 is 1.16 bits per heavy atom. The molecule has 4 nitrogen and oxygen atoms in total. The SMILES string of the molecule is CC1=C(C(=O)OCc2ccccc2)[C@H](c2ccc(F)cc2)NC(=S)N1. The molecule has 3 rings (SSSR count). The smallest absolute Gasteiger partial charge is 0.338 e. The molecule has 0 amide bonds. The lowest BCUT2D eigenvalue weighted by molar-refractivity contribution is -0.140. The Kier molecular flexibility index (Phi) is 5.09. The topological polar surface area (TPSA) is 50.4 Å². The van der Waals surface area contributed by atoms with Crippen molar-refractivity contribution in [1.82, 2.24) is 10.6 Å². The van der Waals surface area contributed by atoms with Crippen LogP contribution in [0.15, 0.2) is 65.9 Å². The van der Waals surface area contributed by atoms with Gasteiger partial charge in [-0.05, 0) is 42.4 Å². The van der Waals surface area contributed by atoms with Crippen molar-refractivity contribution >= 4 is 23.3 Å². The van der Waals surface area contributed by atoms with Crippen LogP contribution in [0.3, 0.4) is 0 Å². The minimum atomic E-state index is -0.488. The minimum absolute atomic E-state index is 0.178. The molecule has 0 aromatic heterocycles. The van der Waals surface area contributed by atoms with Crippen molar-refractivity contribution < 1.29 is 13.9 Å². The molecule has 0 spiro atoms. The fraction of sp³-hybridized carbons (Fsp3) is 0.158. The molecule has 1 heterocycles. The summed E-state index contributed by atoms with van der Waals surface area (Å²) in [5.74, 6) is -0.785. The van der Waals surface area contributed by atoms with E-state index >= 15 is 0 Å². The average Bonchev–Trinajstić information content (AvgIpc) is 2.60. The molecule has 1 atom stereocenters. The molecule has 0 aliphatic carbocycles. The van der Waals surface area contributed by atoms with E-state index in [0.717, 1.165) is 11.1 Å². The lowest BCUT2D eigenvalue weighted by Gasteiger charge is -2.29. The molecule has 0 bridgehead atoms. The van der Waals surface area contributed by atoms with E-state index in [0.29, 0.717) is 16.4 Å². The number of rotatable bonds is 4. The van der Waals surface area contributed by atoms with Crippen molar-refractivity contribution in [2.45, 2.75) is 19.6 Å². The molecule has 0 saturated heterocycles. The summed E-state index contributed by atoms with van der Waals surface area (Å²) in [6, 6.07) is 14.9. The summed E-state index contributed by atoms with van der Waals surface area (Å²) in [5, 5.41) is 6.40. The van der Waals surface area contributed by atoms with E-state index in [4.69, 9.17) is 17.0 Å². The second-order valence-electron chi connectivity index (χ2n) is 5.68. The average molecular weight is 356 g/mol. The summed E-state index contributed by atoms with van der Waals surface area (Å²) < 4.78 is 18.7. The number of hydrogen-bond donors (Lipinski definition) is 2. The predicted octanol–water partition coefficient (Wildman–Crippen LogP) is 3.36. The van der Waals surface area contributed by atoms with Crippen LogP contribution in [0.1, 0.15) is 24.1 Å². The number of allylic oxidation sites excluding steroid dienone is 1. The Bertz CT molecular complexity index is 819. The van der Waals surface area contributed by atoms with Gasteiger partial charge in [0.25, 0.3) is 0 Å². The van der Waals surface area contributed by atoms with Gasteiger partial charge in [-0.25, -0.2) is 9.18 Å². The van der Waals surface area contributed by atoms with Crippen LogP contribution in [0, 0.1) is 5.82 Å². The van der Waals surface area contributed by atoms with E-state index in [1.165, 1.54) is 12.1 Å². The predicted molar refractivity (Wildman–Crippen MR) is 96.9 cm³/mol. The summed E-state index contributed by atoms with van der Waals surface area (Å²) in [4.78, 5) is 12.7. The maximum Gasteiger partial charge on any atom is 0.338 e. The highest BCUT2D eigenvalue weighted by molar-refractivity contribution is 7.80. The highest BCUT2D eigenvalue weighted by Crippen LogP contribution is 2.28. The monoisotopic (exact) mass is 356 g/mol. The maximum absolute atomic E-state index is 13.2. The standard InChI is InChI=1S/C19H17FN2O2S/c1-12-16(18(23)24-11-13-5-3-2-4-6-13)17(22-19(25)21-12)14-7-9-15(20)10-8-14/h2-10,17H,11H2,1H3,(H2,21,22,25)/t17-/m0/s1. The van der Waals surface area contributed by atoms with Gasteiger partial charge in [-0.3, -0.25) is 0 Å². The van der Waals surface area contributed by atoms with Crippen molar-refractivity contribution in [2.24, 2.45) is 0 Å². The number of ether oxygens (including phenoxy) is 1. The number of benzene rings is 2. The number of carbonyl (C=O) groups excluding carboxylic acids is 1. The number of hydrogen-bond acceptors (Lipinski definition) is 3. The van der Waals surface area contributed by atoms with Gasteiger partial charge in [0, 0.05) is 5.70 Å². The summed E-state index contributed by atoms with van der Waals surface area (Å²) in [5.41, 5.74) is 2.68. The number of thiocarbonyl (C=S) groups is 1. The zero-order chi connectivity index (χ0) is 17.8. The molecule has 0 saturated carbocycles. The summed E-state index contributed by atoms with van der Waals surface area (Å²) in [6.07, 6.45) is 0. The van der Waals surface area contributed by atoms with Gasteiger partial charge in [-0.15, -0.1) is 0 Å². The quantitative estimate of drug-likeness (QED) is 0.650. The van der Waals surface area contributed by atoms with E-state index in [1.807, 2.05) is 30.3 Å². The lowest BCUT2D eigenvalue weighted by atomic mass is 9.96. The van der Waals surface area contributed by atoms with Gasteiger partial charge in [-0.1, -0.05) is 42.5 Å². The van der Waals surface area contributed by atoms with E-state index in [1.54, 1.807) is 19.1 Å². The molecule has 0 radical (unpaired) electrons. The van der Waals surface area contributed by atoms with Crippen molar-refractivity contribution in [2.75, 3.05) is 0 Å². The molecule has 25 heavy (non-hydrogen) atoms. The molecule has 2 aromatic rings. The first-order valence-electron chi connectivity index (χ1n) is 7.79. The van der Waals surface area contributed by atoms with E-state index in [-0.39, 0.29) is 12.4 Å². The van der Waals surface area contributed by atoms with Crippen LogP contribution in [-0.4, -0.2) is 11.1 Å². The van der Waals surface area contributed by atoms with Gasteiger partial charge >= 0.3 is 5.97 Å². The Morgan fingerprint density at radius 2 is 1.84 bits per heavy atom. The van der Waals surface area contributed by atoms with Crippen molar-refractivity contribution in [3.8, 4) is 0 Å². The van der Waals surface area contributed by atoms with Gasteiger partial charge in [0.05, 0.1) is 11.6 Å². The third kappa shape index (κ3) is 4.03. The van der Waals surface area contributed by atoms with E-state index in [2.05, 4.69) is 10.6 Å². The fourth-order valence-electron chi connectivity index (χ4n) is 2.67. The van der Waals surface area contributed by atoms with Crippen molar-refractivity contribution in [3.63, 3.8) is 0 Å². The summed E-state index contributed by atoms with van der Waals surface area (Å²) in [7, 11) is 0. The molecular weight excluding hydrogens is 339 g/mol. The Hall–Kier alpha value is -2.73. The third-order valence-corrected chi connectivity index (χ3v) is 4.13. The zero-order valence-corrected chi connectivity index (χ0v) is 14.4. The highest BCUT2D eigenvalue weighted by atomic mass is 32.1. The summed E-state index contributed by atoms with van der Waals surface area (Å²) >= 11 is 5.18. The normalized spacial score (nSPS) is 16.9. The number of carbonyl (C=O) groups is 1. The Morgan fingerprint density at radius 3 is 2.52 bits per heavy atom. The first-order valence-corrected chi connectivity index (χ1v) is 8.20. The first-order chi connectivity index (χ1) is 12.0. The van der Waals surface area contributed by atoms with E-state index < -0.39 is 12.0 Å². The second kappa shape index (κ2) is 7.44. The number of halogens is 1. The molecule has 2 aromatic carbocycles. The third-order valence-electron chi connectivity index (χ3n) is 3.91. The maximum atomic E-state index is 13.2. The van der Waals surface area contributed by atoms with Crippen LogP contribution in [0.2, 0.25) is 0 Å². The van der Waals surface area contributed by atoms with Crippen LogP contribution in [0.25, 0.3) is 0 Å². The van der Waals surface area contributed by atoms with Gasteiger partial charge < -0.3 is 15.4 Å². The summed E-state index contributed by atoms with van der Waals surface area (Å²) in [6.45, 7) is 1.94. The number of nitrogens with one attached hydrogen (secondary N) is 2. The van der Waals surface area contributed by atoms with Crippen LogP contribution in [0.5, 0.6) is 0 Å². The molecule has 0 fully saturated rings. The molecule has 128 valence electrons. The molecule has 1 aliphatic heterocycles. The molecule has 0 unspecified atom stereocenters. The number of esters is 1. The molecule has 2 N–H and O–H groups in total. The minimum Gasteiger partial charge on any atom is -0.457 e. The van der Waals surface area contributed by atoms with Gasteiger partial charge in [0.2, 0.25) is 0 Å². The first kappa shape index (κ1) is 17.1. The van der Waals surface area contributed by atoms with Crippen LogP contribution in [0.4, 0.5) is 4.39 Å². The zero-order valence-electron chi connectivity index (χ0n) is 13.6. The van der Waals surface area contributed by atoms with Crippen LogP contribution >= 0.6 is 12.2 Å². The lowest BCUT2D eigenvalue weighted by Crippen LogP contribution is -2.45. The van der Waals surface area contributed by atoms with Crippen LogP contribution in [-0.2, 0) is 16.1 Å². The van der Waals surface area contributed by atoms with Crippen LogP contribution < -0.4 is 10.6 Å².